The Morgan fingerprint density at radius 2 is 2.24 bits per heavy atom. The van der Waals surface area contributed by atoms with Crippen molar-refractivity contribution in [2.75, 3.05) is 13.1 Å². The van der Waals surface area contributed by atoms with Crippen LogP contribution in [-0.4, -0.2) is 42.3 Å². The zero-order chi connectivity index (χ0) is 15.4. The molecule has 8 heteroatoms. The maximum atomic E-state index is 12.5. The molecule has 0 unspecified atom stereocenters. The number of thiophene rings is 1. The third kappa shape index (κ3) is 3.91. The number of piperidine rings is 1. The molecule has 1 saturated heterocycles. The van der Waals surface area contributed by atoms with Gasteiger partial charge in [-0.3, -0.25) is 9.59 Å². The highest BCUT2D eigenvalue weighted by Gasteiger charge is 2.33. The van der Waals surface area contributed by atoms with Gasteiger partial charge in [-0.15, -0.1) is 11.3 Å². The van der Waals surface area contributed by atoms with Crippen LogP contribution in [0.2, 0.25) is 5.02 Å². The second-order valence-electron chi connectivity index (χ2n) is 4.74. The lowest BCUT2D eigenvalue weighted by molar-refractivity contribution is -0.127. The van der Waals surface area contributed by atoms with E-state index in [0.717, 1.165) is 12.8 Å². The average Bonchev–Trinajstić information content (AvgIpc) is 2.90. The van der Waals surface area contributed by atoms with Crippen molar-refractivity contribution >= 4 is 34.8 Å². The van der Waals surface area contributed by atoms with Gasteiger partial charge in [0.1, 0.15) is 10.9 Å². The lowest BCUT2D eigenvalue weighted by Gasteiger charge is -2.34. The summed E-state index contributed by atoms with van der Waals surface area (Å²) < 4.78 is 24.4. The summed E-state index contributed by atoms with van der Waals surface area (Å²) in [4.78, 5) is 26.3. The van der Waals surface area contributed by atoms with Crippen LogP contribution in [-0.2, 0) is 4.79 Å². The number of carbonyl (C=O) groups excluding carboxylic acids is 2. The van der Waals surface area contributed by atoms with Gasteiger partial charge in [0.05, 0.1) is 11.6 Å². The van der Waals surface area contributed by atoms with Crippen molar-refractivity contribution in [2.24, 2.45) is 0 Å². The van der Waals surface area contributed by atoms with Gasteiger partial charge in [0.25, 0.3) is 12.3 Å². The van der Waals surface area contributed by atoms with Crippen LogP contribution >= 0.6 is 22.9 Å². The molecule has 0 aliphatic carbocycles. The highest BCUT2D eigenvalue weighted by molar-refractivity contribution is 7.12. The van der Waals surface area contributed by atoms with E-state index in [1.54, 1.807) is 11.4 Å². The minimum atomic E-state index is -2.60. The second-order valence-corrected chi connectivity index (χ2v) is 6.07. The molecular weight excluding hydrogens is 322 g/mol. The lowest BCUT2D eigenvalue weighted by atomic mass is 10.0. The van der Waals surface area contributed by atoms with Crippen LogP contribution in [0, 0.1) is 0 Å². The van der Waals surface area contributed by atoms with Crippen LogP contribution in [0.4, 0.5) is 8.78 Å². The topological polar surface area (TPSA) is 49.4 Å². The maximum absolute atomic E-state index is 12.5. The molecule has 2 heterocycles. The Balaban J connectivity index is 2.10. The molecule has 116 valence electrons. The fraction of sp³-hybridized carbons (Fsp3) is 0.538. The van der Waals surface area contributed by atoms with Crippen molar-refractivity contribution < 1.29 is 18.4 Å². The molecule has 0 bridgehead atoms. The van der Waals surface area contributed by atoms with E-state index in [-0.39, 0.29) is 5.91 Å². The largest absolute Gasteiger partial charge is 0.349 e. The predicted molar refractivity (Wildman–Crippen MR) is 77.0 cm³/mol. The van der Waals surface area contributed by atoms with Gasteiger partial charge in [0.2, 0.25) is 5.91 Å². The lowest BCUT2D eigenvalue weighted by Crippen LogP contribution is -2.52. The van der Waals surface area contributed by atoms with Crippen molar-refractivity contribution in [1.29, 1.82) is 0 Å². The summed E-state index contributed by atoms with van der Waals surface area (Å²) in [7, 11) is 0. The molecule has 0 saturated carbocycles. The van der Waals surface area contributed by atoms with Crippen molar-refractivity contribution in [3.8, 4) is 0 Å². The standard InChI is InChI=1S/C13H15ClF2N2O2S/c14-8-4-6-21-11(8)13(20)18-5-2-1-3-9(18)12(19)17-7-10(15)16/h4,6,9-10H,1-3,5,7H2,(H,17,19)/t9-/m0/s1. The number of rotatable bonds is 4. The zero-order valence-electron chi connectivity index (χ0n) is 11.2. The Bertz CT molecular complexity index is 524. The molecule has 1 atom stereocenters. The van der Waals surface area contributed by atoms with Gasteiger partial charge in [-0.25, -0.2) is 8.78 Å². The molecular formula is C13H15ClF2N2O2S. The highest BCUT2D eigenvalue weighted by atomic mass is 35.5. The fourth-order valence-electron chi connectivity index (χ4n) is 2.32. The van der Waals surface area contributed by atoms with Crippen molar-refractivity contribution in [3.05, 3.63) is 21.3 Å². The van der Waals surface area contributed by atoms with Gasteiger partial charge < -0.3 is 10.2 Å². The summed E-state index contributed by atoms with van der Waals surface area (Å²) >= 11 is 7.16. The molecule has 0 radical (unpaired) electrons. The molecule has 1 fully saturated rings. The SMILES string of the molecule is O=C(NCC(F)F)[C@@H]1CCCCN1C(=O)c1sccc1Cl. The van der Waals surface area contributed by atoms with Crippen LogP contribution < -0.4 is 5.32 Å². The fourth-order valence-corrected chi connectivity index (χ4v) is 3.41. The molecule has 1 aromatic heterocycles. The normalized spacial score (nSPS) is 18.9. The van der Waals surface area contributed by atoms with Crippen LogP contribution in [0.5, 0.6) is 0 Å². The molecule has 21 heavy (non-hydrogen) atoms. The summed E-state index contributed by atoms with van der Waals surface area (Å²) in [6.07, 6.45) is -0.556. The Morgan fingerprint density at radius 3 is 2.86 bits per heavy atom. The first-order chi connectivity index (χ1) is 10.0. The molecule has 1 aromatic rings. The Labute approximate surface area is 130 Å². The molecule has 2 amide bonds. The predicted octanol–water partition coefficient (Wildman–Crippen LogP) is 2.78. The quantitative estimate of drug-likeness (QED) is 0.919. The number of alkyl halides is 2. The summed E-state index contributed by atoms with van der Waals surface area (Å²) in [5, 5.41) is 4.23. The van der Waals surface area contributed by atoms with E-state index in [2.05, 4.69) is 5.32 Å². The van der Waals surface area contributed by atoms with E-state index in [9.17, 15) is 18.4 Å². The third-order valence-electron chi connectivity index (χ3n) is 3.31. The number of carbonyl (C=O) groups is 2. The monoisotopic (exact) mass is 336 g/mol. The minimum Gasteiger partial charge on any atom is -0.349 e. The summed E-state index contributed by atoms with van der Waals surface area (Å²) in [6, 6.07) is 0.915. The molecule has 1 N–H and O–H groups in total. The van der Waals surface area contributed by atoms with Crippen LogP contribution in [0.15, 0.2) is 11.4 Å². The second kappa shape index (κ2) is 7.17. The molecule has 0 aromatic carbocycles. The number of likely N-dealkylation sites (tertiary alicyclic amines) is 1. The number of hydrogen-bond acceptors (Lipinski definition) is 3. The maximum Gasteiger partial charge on any atom is 0.266 e. The summed E-state index contributed by atoms with van der Waals surface area (Å²) in [6.45, 7) is -0.267. The third-order valence-corrected chi connectivity index (χ3v) is 4.64. The summed E-state index contributed by atoms with van der Waals surface area (Å²) in [5.41, 5.74) is 0. The van der Waals surface area contributed by atoms with E-state index in [1.165, 1.54) is 16.2 Å². The number of amides is 2. The average molecular weight is 337 g/mol. The number of nitrogens with zero attached hydrogens (tertiary/aromatic N) is 1. The highest BCUT2D eigenvalue weighted by Crippen LogP contribution is 2.27. The zero-order valence-corrected chi connectivity index (χ0v) is 12.7. The molecule has 1 aliphatic rings. The molecule has 2 rings (SSSR count). The van der Waals surface area contributed by atoms with E-state index in [4.69, 9.17) is 11.6 Å². The number of halogens is 3. The van der Waals surface area contributed by atoms with Gasteiger partial charge in [-0.1, -0.05) is 11.6 Å². The molecule has 1 aliphatic heterocycles. The molecule has 0 spiro atoms. The van der Waals surface area contributed by atoms with Gasteiger partial charge in [-0.2, -0.15) is 0 Å². The van der Waals surface area contributed by atoms with E-state index >= 15 is 0 Å². The number of hydrogen-bond donors (Lipinski definition) is 1. The Hall–Kier alpha value is -1.21. The smallest absolute Gasteiger partial charge is 0.266 e. The van der Waals surface area contributed by atoms with Crippen LogP contribution in [0.25, 0.3) is 0 Å². The van der Waals surface area contributed by atoms with E-state index < -0.39 is 24.9 Å². The van der Waals surface area contributed by atoms with E-state index in [0.29, 0.717) is 22.9 Å². The van der Waals surface area contributed by atoms with Crippen LogP contribution in [0.1, 0.15) is 28.9 Å². The van der Waals surface area contributed by atoms with Gasteiger partial charge in [0.15, 0.2) is 0 Å². The van der Waals surface area contributed by atoms with Gasteiger partial charge >= 0.3 is 0 Å². The van der Waals surface area contributed by atoms with Crippen molar-refractivity contribution in [3.63, 3.8) is 0 Å². The van der Waals surface area contributed by atoms with E-state index in [1.807, 2.05) is 0 Å². The first kappa shape index (κ1) is 16.2. The van der Waals surface area contributed by atoms with Crippen molar-refractivity contribution in [2.45, 2.75) is 31.7 Å². The first-order valence-electron chi connectivity index (χ1n) is 6.60. The van der Waals surface area contributed by atoms with Crippen molar-refractivity contribution in [1.82, 2.24) is 10.2 Å². The summed E-state index contributed by atoms with van der Waals surface area (Å²) in [5.74, 6) is -0.845. The van der Waals surface area contributed by atoms with Gasteiger partial charge in [0, 0.05) is 6.54 Å². The minimum absolute atomic E-state index is 0.313. The first-order valence-corrected chi connectivity index (χ1v) is 7.86. The Kier molecular flexibility index (Phi) is 5.52. The van der Waals surface area contributed by atoms with Gasteiger partial charge in [-0.05, 0) is 30.7 Å². The van der Waals surface area contributed by atoms with Crippen LogP contribution in [0.3, 0.4) is 0 Å². The number of nitrogens with one attached hydrogen (secondary N) is 1. The Morgan fingerprint density at radius 1 is 1.48 bits per heavy atom. The molecule has 4 nitrogen and oxygen atoms in total.